The molecule has 5 heteroatoms. The van der Waals surface area contributed by atoms with Gasteiger partial charge in [-0.05, 0) is 56.0 Å². The number of fused-ring (bicyclic) bond motifs is 4. The minimum absolute atomic E-state index is 0.237. The van der Waals surface area contributed by atoms with Gasteiger partial charge in [0.25, 0.3) is 0 Å². The van der Waals surface area contributed by atoms with Crippen molar-refractivity contribution in [2.75, 3.05) is 44.2 Å². The molecule has 170 valence electrons. The molecule has 2 fully saturated rings. The van der Waals surface area contributed by atoms with E-state index in [2.05, 4.69) is 76.8 Å². The van der Waals surface area contributed by atoms with Gasteiger partial charge in [0.2, 0.25) is 5.95 Å². The van der Waals surface area contributed by atoms with Gasteiger partial charge in [0.05, 0.1) is 5.69 Å². The normalized spacial score (nSPS) is 19.8. The highest BCUT2D eigenvalue weighted by Gasteiger charge is 2.40. The molecule has 6 rings (SSSR count). The van der Waals surface area contributed by atoms with Crippen LogP contribution in [0.5, 0.6) is 0 Å². The van der Waals surface area contributed by atoms with E-state index in [1.54, 1.807) is 0 Å². The summed E-state index contributed by atoms with van der Waals surface area (Å²) in [4.78, 5) is 14.9. The Labute approximate surface area is 196 Å². The van der Waals surface area contributed by atoms with Crippen LogP contribution in [0.2, 0.25) is 0 Å². The second-order valence-electron chi connectivity index (χ2n) is 10.0. The fourth-order valence-corrected chi connectivity index (χ4v) is 5.93. The van der Waals surface area contributed by atoms with E-state index in [1.165, 1.54) is 40.7 Å². The van der Waals surface area contributed by atoms with Crippen LogP contribution in [-0.4, -0.2) is 54.1 Å². The van der Waals surface area contributed by atoms with Crippen LogP contribution in [0.25, 0.3) is 11.3 Å². The maximum atomic E-state index is 5.16. The number of nitrogens with one attached hydrogen (secondary N) is 1. The molecule has 0 amide bonds. The average molecular weight is 440 g/mol. The van der Waals surface area contributed by atoms with E-state index in [1.807, 2.05) is 0 Å². The minimum Gasteiger partial charge on any atom is -0.338 e. The number of piperidine rings is 1. The molecule has 1 spiro atoms. The number of benzene rings is 2. The number of nitrogens with zero attached hydrogens (tertiary/aromatic N) is 4. The summed E-state index contributed by atoms with van der Waals surface area (Å²) in [5, 5.41) is 3.54. The van der Waals surface area contributed by atoms with Crippen LogP contribution < -0.4 is 10.2 Å². The summed E-state index contributed by atoms with van der Waals surface area (Å²) in [7, 11) is 0. The van der Waals surface area contributed by atoms with Crippen molar-refractivity contribution in [3.63, 3.8) is 0 Å². The first-order valence-electron chi connectivity index (χ1n) is 12.4. The van der Waals surface area contributed by atoms with Crippen molar-refractivity contribution in [3.05, 3.63) is 77.0 Å². The molecule has 5 nitrogen and oxygen atoms in total. The van der Waals surface area contributed by atoms with Gasteiger partial charge in [0.15, 0.2) is 0 Å². The molecule has 3 heterocycles. The van der Waals surface area contributed by atoms with Gasteiger partial charge in [-0.25, -0.2) is 9.97 Å². The largest absolute Gasteiger partial charge is 0.338 e. The van der Waals surface area contributed by atoms with E-state index >= 15 is 0 Å². The first-order valence-corrected chi connectivity index (χ1v) is 12.4. The second kappa shape index (κ2) is 8.54. The van der Waals surface area contributed by atoms with Crippen LogP contribution in [0.15, 0.2) is 54.7 Å². The highest BCUT2D eigenvalue weighted by Crippen LogP contribution is 2.47. The zero-order valence-electron chi connectivity index (χ0n) is 19.6. The van der Waals surface area contributed by atoms with Crippen molar-refractivity contribution in [3.8, 4) is 11.3 Å². The topological polar surface area (TPSA) is 44.3 Å². The monoisotopic (exact) mass is 439 g/mol. The van der Waals surface area contributed by atoms with Crippen LogP contribution in [-0.2, 0) is 18.4 Å². The molecule has 2 aromatic carbocycles. The number of piperazine rings is 1. The SMILES string of the molecule is Cc1ccc(CN2CCN(c3ncc4c(n3)-c3ccccc3C3(CCNCC3)C4)CC2)cc1. The molecular weight excluding hydrogens is 406 g/mol. The fraction of sp³-hybridized carbons (Fsp3) is 0.429. The standard InChI is InChI=1S/C28H33N5/c1-21-6-8-22(9-7-21)20-32-14-16-33(17-15-32)27-30-19-23-18-28(10-12-29-13-11-28)25-5-3-2-4-24(25)26(23)31-27/h2-9,19,29H,10-18,20H2,1H3. The lowest BCUT2D eigenvalue weighted by atomic mass is 9.64. The first-order chi connectivity index (χ1) is 16.2. The Hall–Kier alpha value is -2.76. The highest BCUT2D eigenvalue weighted by atomic mass is 15.3. The summed E-state index contributed by atoms with van der Waals surface area (Å²) in [6, 6.07) is 17.9. The number of aromatic nitrogens is 2. The Balaban J connectivity index is 1.21. The lowest BCUT2D eigenvalue weighted by Gasteiger charge is -2.43. The van der Waals surface area contributed by atoms with E-state index in [-0.39, 0.29) is 5.41 Å². The van der Waals surface area contributed by atoms with E-state index in [0.717, 1.165) is 63.9 Å². The van der Waals surface area contributed by atoms with E-state index in [4.69, 9.17) is 9.97 Å². The lowest BCUT2D eigenvalue weighted by molar-refractivity contribution is 0.248. The van der Waals surface area contributed by atoms with Gasteiger partial charge in [-0.1, -0.05) is 54.1 Å². The predicted octanol–water partition coefficient (Wildman–Crippen LogP) is 3.95. The minimum atomic E-state index is 0.237. The molecule has 0 bridgehead atoms. The number of hydrogen-bond acceptors (Lipinski definition) is 5. The molecule has 0 radical (unpaired) electrons. The molecule has 2 saturated heterocycles. The van der Waals surface area contributed by atoms with Gasteiger partial charge < -0.3 is 10.2 Å². The third-order valence-corrected chi connectivity index (χ3v) is 7.88. The Kier molecular flexibility index (Phi) is 5.39. The Morgan fingerprint density at radius 2 is 1.70 bits per heavy atom. The lowest BCUT2D eigenvalue weighted by Crippen LogP contribution is -2.46. The van der Waals surface area contributed by atoms with Crippen LogP contribution >= 0.6 is 0 Å². The zero-order chi connectivity index (χ0) is 22.3. The van der Waals surface area contributed by atoms with Crippen LogP contribution in [0.3, 0.4) is 0 Å². The van der Waals surface area contributed by atoms with Crippen molar-refractivity contribution >= 4 is 5.95 Å². The summed E-state index contributed by atoms with van der Waals surface area (Å²) in [5.41, 5.74) is 8.23. The predicted molar refractivity (Wildman–Crippen MR) is 134 cm³/mol. The van der Waals surface area contributed by atoms with Gasteiger partial charge in [-0.2, -0.15) is 0 Å². The summed E-state index contributed by atoms with van der Waals surface area (Å²) < 4.78 is 0. The molecule has 3 aliphatic rings. The Morgan fingerprint density at radius 1 is 0.939 bits per heavy atom. The maximum Gasteiger partial charge on any atom is 0.225 e. The van der Waals surface area contributed by atoms with Crippen LogP contribution in [0.4, 0.5) is 5.95 Å². The van der Waals surface area contributed by atoms with Crippen molar-refractivity contribution in [1.82, 2.24) is 20.2 Å². The van der Waals surface area contributed by atoms with Crippen molar-refractivity contribution in [2.24, 2.45) is 0 Å². The Bertz CT molecular complexity index is 1130. The number of hydrogen-bond donors (Lipinski definition) is 1. The van der Waals surface area contributed by atoms with Crippen molar-refractivity contribution < 1.29 is 0 Å². The molecule has 1 N–H and O–H groups in total. The summed E-state index contributed by atoms with van der Waals surface area (Å²) >= 11 is 0. The highest BCUT2D eigenvalue weighted by molar-refractivity contribution is 5.72. The molecule has 3 aromatic rings. The molecule has 0 atom stereocenters. The molecule has 2 aliphatic heterocycles. The van der Waals surface area contributed by atoms with Gasteiger partial charge in [-0.15, -0.1) is 0 Å². The summed E-state index contributed by atoms with van der Waals surface area (Å²) in [6.07, 6.45) is 5.56. The molecule has 0 unspecified atom stereocenters. The second-order valence-corrected chi connectivity index (χ2v) is 10.0. The summed E-state index contributed by atoms with van der Waals surface area (Å²) in [5.74, 6) is 0.889. The average Bonchev–Trinajstić information content (AvgIpc) is 2.87. The molecular formula is C28H33N5. The number of rotatable bonds is 3. The van der Waals surface area contributed by atoms with Crippen molar-refractivity contribution in [1.29, 1.82) is 0 Å². The summed E-state index contributed by atoms with van der Waals surface area (Å²) in [6.45, 7) is 9.38. The first kappa shape index (κ1) is 20.8. The van der Waals surface area contributed by atoms with Crippen LogP contribution in [0.1, 0.15) is 35.1 Å². The fourth-order valence-electron chi connectivity index (χ4n) is 5.93. The van der Waals surface area contributed by atoms with E-state index in [9.17, 15) is 0 Å². The third-order valence-electron chi connectivity index (χ3n) is 7.88. The van der Waals surface area contributed by atoms with E-state index in [0.29, 0.717) is 0 Å². The van der Waals surface area contributed by atoms with Crippen molar-refractivity contribution in [2.45, 2.75) is 38.1 Å². The van der Waals surface area contributed by atoms with Gasteiger partial charge >= 0.3 is 0 Å². The van der Waals surface area contributed by atoms with Crippen LogP contribution in [0, 0.1) is 6.92 Å². The molecule has 33 heavy (non-hydrogen) atoms. The van der Waals surface area contributed by atoms with Gasteiger partial charge in [0.1, 0.15) is 0 Å². The van der Waals surface area contributed by atoms with E-state index < -0.39 is 0 Å². The smallest absolute Gasteiger partial charge is 0.225 e. The van der Waals surface area contributed by atoms with Gasteiger partial charge in [-0.3, -0.25) is 4.90 Å². The zero-order valence-corrected chi connectivity index (χ0v) is 19.6. The Morgan fingerprint density at radius 3 is 2.48 bits per heavy atom. The number of aryl methyl sites for hydroxylation is 1. The maximum absolute atomic E-state index is 5.16. The third kappa shape index (κ3) is 3.94. The molecule has 1 aliphatic carbocycles. The number of anilines is 1. The van der Waals surface area contributed by atoms with Gasteiger partial charge in [0, 0.05) is 49.9 Å². The molecule has 0 saturated carbocycles. The quantitative estimate of drug-likeness (QED) is 0.669. The molecule has 1 aromatic heterocycles.